The molecule has 2 N–H and O–H groups in total. The van der Waals surface area contributed by atoms with Crippen LogP contribution >= 0.6 is 0 Å². The molecule has 1 saturated heterocycles. The van der Waals surface area contributed by atoms with Crippen LogP contribution in [0.5, 0.6) is 11.5 Å². The summed E-state index contributed by atoms with van der Waals surface area (Å²) in [6.07, 6.45) is -0.172. The molecule has 184 valence electrons. The van der Waals surface area contributed by atoms with E-state index in [1.165, 1.54) is 19.1 Å². The first-order chi connectivity index (χ1) is 17.2. The summed E-state index contributed by atoms with van der Waals surface area (Å²) in [5.41, 5.74) is 2.57. The van der Waals surface area contributed by atoms with E-state index in [0.717, 1.165) is 5.56 Å². The van der Waals surface area contributed by atoms with Gasteiger partial charge in [0.15, 0.2) is 0 Å². The van der Waals surface area contributed by atoms with E-state index in [-0.39, 0.29) is 17.8 Å². The maximum atomic E-state index is 13.4. The summed E-state index contributed by atoms with van der Waals surface area (Å²) in [5.74, 6) is -2.03. The number of aliphatic hydroxyl groups excluding tert-OH is 1. The summed E-state index contributed by atoms with van der Waals surface area (Å²) < 4.78 is 10.6. The number of benzene rings is 3. The lowest BCUT2D eigenvalue weighted by Crippen LogP contribution is -2.29. The van der Waals surface area contributed by atoms with Gasteiger partial charge in [-0.05, 0) is 54.4 Å². The Labute approximate surface area is 208 Å². The van der Waals surface area contributed by atoms with Gasteiger partial charge < -0.3 is 19.7 Å². The van der Waals surface area contributed by atoms with Crippen molar-refractivity contribution in [2.45, 2.75) is 19.4 Å². The number of ether oxygens (including phenoxy) is 2. The molecule has 8 heteroatoms. The van der Waals surface area contributed by atoms with Crippen LogP contribution in [0.3, 0.4) is 0 Å². The minimum Gasteiger partial charge on any atom is -0.507 e. The smallest absolute Gasteiger partial charge is 0.307 e. The number of carbonyl (C=O) groups is 3. The molecule has 1 aliphatic heterocycles. The number of nitrogens with zero attached hydrogens (tertiary/aromatic N) is 1. The van der Waals surface area contributed by atoms with E-state index in [9.17, 15) is 19.5 Å². The van der Waals surface area contributed by atoms with Crippen molar-refractivity contribution in [1.29, 1.82) is 0 Å². The zero-order chi connectivity index (χ0) is 26.0. The molecule has 1 aliphatic rings. The Bertz CT molecular complexity index is 1360. The van der Waals surface area contributed by atoms with Crippen LogP contribution in [0.4, 0.5) is 5.69 Å². The Morgan fingerprint density at radius 1 is 0.917 bits per heavy atom. The van der Waals surface area contributed by atoms with Crippen molar-refractivity contribution in [3.05, 3.63) is 94.6 Å². The van der Waals surface area contributed by atoms with Crippen LogP contribution in [0, 0.1) is 6.92 Å². The number of aliphatic hydroxyl groups is 1. The minimum atomic E-state index is -0.978. The standard InChI is InChI=1S/C28H25NO7/c1-16-4-13-22(36-3)21(14-16)26(32)24-25(18-7-11-20(35-2)12-8-18)29(28(34)27(24)33)19-9-5-17(6-10-19)15-23(30)31/h4-14,25,32H,15H2,1-3H3,(H,30,31)/b26-24+. The van der Waals surface area contributed by atoms with Gasteiger partial charge in [0.05, 0.1) is 37.8 Å². The van der Waals surface area contributed by atoms with E-state index >= 15 is 0 Å². The zero-order valence-electron chi connectivity index (χ0n) is 20.0. The highest BCUT2D eigenvalue weighted by molar-refractivity contribution is 6.51. The minimum absolute atomic E-state index is 0.0799. The Kier molecular flexibility index (Phi) is 6.78. The van der Waals surface area contributed by atoms with Gasteiger partial charge >= 0.3 is 5.97 Å². The summed E-state index contributed by atoms with van der Waals surface area (Å²) in [6, 6.07) is 17.5. The fourth-order valence-corrected chi connectivity index (χ4v) is 4.30. The van der Waals surface area contributed by atoms with Gasteiger partial charge in [0.2, 0.25) is 0 Å². The van der Waals surface area contributed by atoms with Crippen molar-refractivity contribution in [2.75, 3.05) is 19.1 Å². The summed E-state index contributed by atoms with van der Waals surface area (Å²) in [7, 11) is 2.99. The van der Waals surface area contributed by atoms with Crippen molar-refractivity contribution < 1.29 is 34.1 Å². The van der Waals surface area contributed by atoms with Gasteiger partial charge in [-0.25, -0.2) is 0 Å². The van der Waals surface area contributed by atoms with Gasteiger partial charge in [-0.1, -0.05) is 35.9 Å². The van der Waals surface area contributed by atoms with Crippen LogP contribution in [0.2, 0.25) is 0 Å². The SMILES string of the molecule is COc1ccc(C2/C(=C(\O)c3cc(C)ccc3OC)C(=O)C(=O)N2c2ccc(CC(=O)O)cc2)cc1. The normalized spacial score (nSPS) is 16.8. The number of carbonyl (C=O) groups excluding carboxylic acids is 2. The number of carboxylic acids is 1. The summed E-state index contributed by atoms with van der Waals surface area (Å²) in [6.45, 7) is 1.84. The van der Waals surface area contributed by atoms with Crippen LogP contribution in [-0.2, 0) is 20.8 Å². The van der Waals surface area contributed by atoms with E-state index in [4.69, 9.17) is 14.6 Å². The molecule has 3 aromatic rings. The average molecular weight is 488 g/mol. The van der Waals surface area contributed by atoms with Gasteiger partial charge in [-0.2, -0.15) is 0 Å². The van der Waals surface area contributed by atoms with E-state index in [1.807, 2.05) is 13.0 Å². The van der Waals surface area contributed by atoms with Gasteiger partial charge in [-0.15, -0.1) is 0 Å². The molecule has 0 bridgehead atoms. The third-order valence-electron chi connectivity index (χ3n) is 6.06. The fraction of sp³-hybridized carbons (Fsp3) is 0.179. The number of anilines is 1. The first kappa shape index (κ1) is 24.5. The molecule has 1 fully saturated rings. The average Bonchev–Trinajstić information content (AvgIpc) is 3.14. The first-order valence-corrected chi connectivity index (χ1v) is 11.2. The van der Waals surface area contributed by atoms with Crippen LogP contribution in [0.1, 0.15) is 28.3 Å². The quantitative estimate of drug-likeness (QED) is 0.291. The molecule has 3 aromatic carbocycles. The van der Waals surface area contributed by atoms with Crippen LogP contribution in [0.15, 0.2) is 72.3 Å². The number of aryl methyl sites for hydroxylation is 1. The molecule has 0 saturated carbocycles. The van der Waals surface area contributed by atoms with E-state index in [2.05, 4.69) is 0 Å². The lowest BCUT2D eigenvalue weighted by molar-refractivity contribution is -0.136. The highest BCUT2D eigenvalue weighted by Crippen LogP contribution is 2.43. The third-order valence-corrected chi connectivity index (χ3v) is 6.06. The van der Waals surface area contributed by atoms with Crippen molar-refractivity contribution in [1.82, 2.24) is 0 Å². The van der Waals surface area contributed by atoms with E-state index < -0.39 is 23.7 Å². The summed E-state index contributed by atoms with van der Waals surface area (Å²) in [4.78, 5) is 39.0. The lowest BCUT2D eigenvalue weighted by Gasteiger charge is -2.26. The molecule has 0 aromatic heterocycles. The number of ketones is 1. The van der Waals surface area contributed by atoms with Gasteiger partial charge in [0, 0.05) is 5.69 Å². The molecule has 0 aliphatic carbocycles. The number of methoxy groups -OCH3 is 2. The van der Waals surface area contributed by atoms with Gasteiger partial charge in [0.25, 0.3) is 11.7 Å². The molecule has 0 radical (unpaired) electrons. The predicted molar refractivity (Wildman–Crippen MR) is 133 cm³/mol. The fourth-order valence-electron chi connectivity index (χ4n) is 4.30. The number of rotatable bonds is 7. The summed E-state index contributed by atoms with van der Waals surface area (Å²) >= 11 is 0. The molecular formula is C28H25NO7. The largest absolute Gasteiger partial charge is 0.507 e. The van der Waals surface area contributed by atoms with Gasteiger partial charge in [-0.3, -0.25) is 19.3 Å². The molecular weight excluding hydrogens is 462 g/mol. The topological polar surface area (TPSA) is 113 Å². The molecule has 1 amide bonds. The third kappa shape index (κ3) is 4.53. The second-order valence-electron chi connectivity index (χ2n) is 8.38. The van der Waals surface area contributed by atoms with Gasteiger partial charge in [0.1, 0.15) is 17.3 Å². The Morgan fingerprint density at radius 3 is 2.17 bits per heavy atom. The molecule has 1 atom stereocenters. The van der Waals surface area contributed by atoms with Crippen molar-refractivity contribution >= 4 is 29.1 Å². The Balaban J connectivity index is 1.91. The van der Waals surface area contributed by atoms with Crippen LogP contribution in [0.25, 0.3) is 5.76 Å². The zero-order valence-corrected chi connectivity index (χ0v) is 20.0. The predicted octanol–water partition coefficient (Wildman–Crippen LogP) is 4.27. The van der Waals surface area contributed by atoms with Crippen molar-refractivity contribution in [2.24, 2.45) is 0 Å². The number of aliphatic carboxylic acids is 1. The Morgan fingerprint density at radius 2 is 1.58 bits per heavy atom. The highest BCUT2D eigenvalue weighted by atomic mass is 16.5. The maximum absolute atomic E-state index is 13.4. The lowest BCUT2D eigenvalue weighted by atomic mass is 9.94. The second kappa shape index (κ2) is 9.95. The number of hydrogen-bond donors (Lipinski definition) is 2. The monoisotopic (exact) mass is 487 g/mol. The Hall–Kier alpha value is -4.59. The van der Waals surface area contributed by atoms with Crippen molar-refractivity contribution in [3.63, 3.8) is 0 Å². The number of hydrogen-bond acceptors (Lipinski definition) is 6. The maximum Gasteiger partial charge on any atom is 0.307 e. The second-order valence-corrected chi connectivity index (χ2v) is 8.38. The highest BCUT2D eigenvalue weighted by Gasteiger charge is 2.47. The van der Waals surface area contributed by atoms with E-state index in [0.29, 0.717) is 33.9 Å². The molecule has 36 heavy (non-hydrogen) atoms. The summed E-state index contributed by atoms with van der Waals surface area (Å²) in [5, 5.41) is 20.5. The molecule has 1 unspecified atom stereocenters. The number of amides is 1. The van der Waals surface area contributed by atoms with E-state index in [1.54, 1.807) is 60.7 Å². The first-order valence-electron chi connectivity index (χ1n) is 11.2. The van der Waals surface area contributed by atoms with Crippen LogP contribution in [-0.4, -0.2) is 42.1 Å². The number of carboxylic acid groups (broad SMARTS) is 1. The number of Topliss-reactive ketones (excluding diaryl/α,β-unsaturated/α-hetero) is 1. The van der Waals surface area contributed by atoms with Crippen molar-refractivity contribution in [3.8, 4) is 11.5 Å². The van der Waals surface area contributed by atoms with Crippen LogP contribution < -0.4 is 14.4 Å². The molecule has 0 spiro atoms. The molecule has 8 nitrogen and oxygen atoms in total. The molecule has 1 heterocycles. The molecule has 4 rings (SSSR count).